The number of anilines is 1. The molecular weight excluding hydrogens is 360 g/mol. The molecular formula is C17H20N2O4S2. The molecule has 0 radical (unpaired) electrons. The van der Waals surface area contributed by atoms with Crippen LogP contribution >= 0.6 is 11.3 Å². The van der Waals surface area contributed by atoms with Crippen LogP contribution in [0.1, 0.15) is 20.8 Å². The van der Waals surface area contributed by atoms with E-state index >= 15 is 0 Å². The van der Waals surface area contributed by atoms with Crippen LogP contribution in [0.25, 0.3) is 0 Å². The monoisotopic (exact) mass is 380 g/mol. The van der Waals surface area contributed by atoms with Crippen molar-refractivity contribution in [1.82, 2.24) is 4.31 Å². The van der Waals surface area contributed by atoms with Crippen molar-refractivity contribution < 1.29 is 17.9 Å². The van der Waals surface area contributed by atoms with E-state index in [2.05, 4.69) is 5.32 Å². The zero-order chi connectivity index (χ0) is 18.0. The highest BCUT2D eigenvalue weighted by molar-refractivity contribution is 7.89. The van der Waals surface area contributed by atoms with Gasteiger partial charge in [-0.05, 0) is 48.6 Å². The summed E-state index contributed by atoms with van der Waals surface area (Å²) < 4.78 is 32.2. The highest BCUT2D eigenvalue weighted by Gasteiger charge is 2.27. The molecule has 0 bridgehead atoms. The van der Waals surface area contributed by atoms with E-state index in [1.165, 1.54) is 21.7 Å². The first-order chi connectivity index (χ1) is 11.9. The van der Waals surface area contributed by atoms with Gasteiger partial charge in [0.15, 0.2) is 0 Å². The largest absolute Gasteiger partial charge is 0.379 e. The topological polar surface area (TPSA) is 75.7 Å². The summed E-state index contributed by atoms with van der Waals surface area (Å²) in [5, 5.41) is 4.69. The summed E-state index contributed by atoms with van der Waals surface area (Å²) in [5.74, 6) is -0.225. The minimum atomic E-state index is -3.59. The van der Waals surface area contributed by atoms with Crippen molar-refractivity contribution in [3.8, 4) is 0 Å². The molecule has 0 spiro atoms. The highest BCUT2D eigenvalue weighted by atomic mass is 32.2. The third-order valence-corrected chi connectivity index (χ3v) is 7.04. The third-order valence-electron chi connectivity index (χ3n) is 4.13. The number of benzene rings is 1. The Labute approximate surface area is 151 Å². The summed E-state index contributed by atoms with van der Waals surface area (Å²) in [6.45, 7) is 5.18. The average molecular weight is 380 g/mol. The Hall–Kier alpha value is -1.74. The second-order valence-corrected chi connectivity index (χ2v) is 8.73. The van der Waals surface area contributed by atoms with Gasteiger partial charge < -0.3 is 10.1 Å². The minimum absolute atomic E-state index is 0.179. The molecule has 0 atom stereocenters. The van der Waals surface area contributed by atoms with Crippen LogP contribution in [-0.4, -0.2) is 44.9 Å². The first kappa shape index (κ1) is 18.1. The zero-order valence-corrected chi connectivity index (χ0v) is 15.7. The van der Waals surface area contributed by atoms with Crippen molar-refractivity contribution in [2.75, 3.05) is 31.6 Å². The van der Waals surface area contributed by atoms with Gasteiger partial charge in [-0.2, -0.15) is 4.31 Å². The maximum Gasteiger partial charge on any atom is 0.266 e. The van der Waals surface area contributed by atoms with Crippen molar-refractivity contribution in [3.63, 3.8) is 0 Å². The van der Waals surface area contributed by atoms with Gasteiger partial charge in [0.1, 0.15) is 0 Å². The minimum Gasteiger partial charge on any atom is -0.379 e. The molecule has 1 aromatic carbocycles. The maximum atomic E-state index is 12.8. The summed E-state index contributed by atoms with van der Waals surface area (Å²) >= 11 is 1.36. The van der Waals surface area contributed by atoms with Gasteiger partial charge in [0.05, 0.1) is 23.0 Å². The number of hydrogen-bond acceptors (Lipinski definition) is 5. The Kier molecular flexibility index (Phi) is 5.24. The fourth-order valence-corrected chi connectivity index (χ4v) is 4.87. The van der Waals surface area contributed by atoms with E-state index in [1.807, 2.05) is 25.3 Å². The molecule has 6 nitrogen and oxygen atoms in total. The lowest BCUT2D eigenvalue weighted by molar-refractivity contribution is 0.0730. The molecule has 0 saturated carbocycles. The smallest absolute Gasteiger partial charge is 0.266 e. The lowest BCUT2D eigenvalue weighted by Gasteiger charge is -2.26. The van der Waals surface area contributed by atoms with Crippen LogP contribution < -0.4 is 5.32 Å². The summed E-state index contributed by atoms with van der Waals surface area (Å²) in [5.41, 5.74) is 2.22. The molecule has 25 heavy (non-hydrogen) atoms. The second-order valence-electron chi connectivity index (χ2n) is 5.88. The quantitative estimate of drug-likeness (QED) is 0.885. The Balaban J connectivity index is 1.88. The van der Waals surface area contributed by atoms with Crippen molar-refractivity contribution >= 4 is 33.0 Å². The third kappa shape index (κ3) is 3.77. The number of ether oxygens (including phenoxy) is 1. The number of thiophene rings is 1. The Morgan fingerprint density at radius 1 is 1.16 bits per heavy atom. The molecule has 1 saturated heterocycles. The number of morpholine rings is 1. The molecule has 0 unspecified atom stereocenters. The molecule has 2 heterocycles. The van der Waals surface area contributed by atoms with Crippen LogP contribution in [0.3, 0.4) is 0 Å². The van der Waals surface area contributed by atoms with Crippen molar-refractivity contribution in [2.45, 2.75) is 18.7 Å². The standard InChI is InChI=1S/C17H20N2O4S2/c1-12-3-4-14(25(21,22)19-6-8-23-9-7-19)11-15(12)18-17(20)16-13(2)5-10-24-16/h3-5,10-11H,6-9H2,1-2H3,(H,18,20). The first-order valence-corrected chi connectivity index (χ1v) is 10.3. The number of amides is 1. The molecule has 134 valence electrons. The molecule has 3 rings (SSSR count). The Bertz CT molecular complexity index is 884. The van der Waals surface area contributed by atoms with E-state index in [1.54, 1.807) is 12.1 Å². The number of nitrogens with one attached hydrogen (secondary N) is 1. The summed E-state index contributed by atoms with van der Waals surface area (Å²) in [6, 6.07) is 6.70. The molecule has 0 aliphatic carbocycles. The van der Waals surface area contributed by atoms with Gasteiger partial charge in [-0.1, -0.05) is 6.07 Å². The predicted octanol–water partition coefficient (Wildman–Crippen LogP) is 2.64. The molecule has 1 aliphatic rings. The van der Waals surface area contributed by atoms with E-state index in [4.69, 9.17) is 4.74 Å². The summed E-state index contributed by atoms with van der Waals surface area (Å²) in [6.07, 6.45) is 0. The number of aryl methyl sites for hydroxylation is 2. The molecule has 1 aromatic heterocycles. The van der Waals surface area contributed by atoms with Crippen molar-refractivity contribution in [3.05, 3.63) is 45.6 Å². The zero-order valence-electron chi connectivity index (χ0n) is 14.1. The number of rotatable bonds is 4. The van der Waals surface area contributed by atoms with Crippen molar-refractivity contribution in [1.29, 1.82) is 0 Å². The van der Waals surface area contributed by atoms with Gasteiger partial charge in [-0.3, -0.25) is 4.79 Å². The van der Waals surface area contributed by atoms with Gasteiger partial charge >= 0.3 is 0 Å². The number of carbonyl (C=O) groups excluding carboxylic acids is 1. The van der Waals surface area contributed by atoms with Crippen LogP contribution in [0.15, 0.2) is 34.5 Å². The molecule has 8 heteroatoms. The molecule has 1 amide bonds. The Morgan fingerprint density at radius 2 is 1.88 bits per heavy atom. The number of carbonyl (C=O) groups is 1. The Morgan fingerprint density at radius 3 is 2.52 bits per heavy atom. The van der Waals surface area contributed by atoms with E-state index in [9.17, 15) is 13.2 Å². The van der Waals surface area contributed by atoms with Gasteiger partial charge in [0.25, 0.3) is 5.91 Å². The first-order valence-electron chi connectivity index (χ1n) is 7.93. The molecule has 2 aromatic rings. The second kappa shape index (κ2) is 7.25. The van der Waals surface area contributed by atoms with Crippen LogP contribution in [-0.2, 0) is 14.8 Å². The lowest BCUT2D eigenvalue weighted by Crippen LogP contribution is -2.40. The predicted molar refractivity (Wildman–Crippen MR) is 97.8 cm³/mol. The van der Waals surface area contributed by atoms with Gasteiger partial charge in [-0.15, -0.1) is 11.3 Å². The van der Waals surface area contributed by atoms with Crippen LogP contribution in [0, 0.1) is 13.8 Å². The van der Waals surface area contributed by atoms with Gasteiger partial charge in [0, 0.05) is 18.8 Å². The fraction of sp³-hybridized carbons (Fsp3) is 0.353. The fourth-order valence-electron chi connectivity index (χ4n) is 2.62. The van der Waals surface area contributed by atoms with Gasteiger partial charge in [0.2, 0.25) is 10.0 Å². The highest BCUT2D eigenvalue weighted by Crippen LogP contribution is 2.25. The number of sulfonamides is 1. The average Bonchev–Trinajstić information content (AvgIpc) is 3.03. The van der Waals surface area contributed by atoms with Gasteiger partial charge in [-0.25, -0.2) is 8.42 Å². The molecule has 1 aliphatic heterocycles. The molecule has 1 N–H and O–H groups in total. The van der Waals surface area contributed by atoms with E-state index in [-0.39, 0.29) is 10.8 Å². The van der Waals surface area contributed by atoms with Crippen LogP contribution in [0.4, 0.5) is 5.69 Å². The van der Waals surface area contributed by atoms with E-state index in [0.29, 0.717) is 36.9 Å². The normalized spacial score (nSPS) is 15.9. The molecule has 1 fully saturated rings. The summed E-state index contributed by atoms with van der Waals surface area (Å²) in [4.78, 5) is 13.2. The number of hydrogen-bond donors (Lipinski definition) is 1. The van der Waals surface area contributed by atoms with Crippen LogP contribution in [0.5, 0.6) is 0 Å². The van der Waals surface area contributed by atoms with E-state index < -0.39 is 10.0 Å². The maximum absolute atomic E-state index is 12.8. The van der Waals surface area contributed by atoms with E-state index in [0.717, 1.165) is 11.1 Å². The lowest BCUT2D eigenvalue weighted by atomic mass is 10.2. The van der Waals surface area contributed by atoms with Crippen molar-refractivity contribution in [2.24, 2.45) is 0 Å². The van der Waals surface area contributed by atoms with Crippen LogP contribution in [0.2, 0.25) is 0 Å². The number of nitrogens with zero attached hydrogens (tertiary/aromatic N) is 1. The summed E-state index contributed by atoms with van der Waals surface area (Å²) in [7, 11) is -3.59. The SMILES string of the molecule is Cc1ccc(S(=O)(=O)N2CCOCC2)cc1NC(=O)c1sccc1C.